The van der Waals surface area contributed by atoms with Crippen molar-refractivity contribution in [3.05, 3.63) is 53.6 Å². The number of esters is 1. The quantitative estimate of drug-likeness (QED) is 0.554. The summed E-state index contributed by atoms with van der Waals surface area (Å²) in [4.78, 5) is 28.4. The highest BCUT2D eigenvalue weighted by atomic mass is 16.5. The van der Waals surface area contributed by atoms with Crippen molar-refractivity contribution >= 4 is 22.9 Å². The molecule has 0 aliphatic carbocycles. The molecule has 154 valence electrons. The van der Waals surface area contributed by atoms with E-state index in [4.69, 9.17) is 16.0 Å². The molecule has 3 aromatic rings. The Balaban J connectivity index is 1.92. The number of fused-ring (bicyclic) bond motifs is 1. The molecule has 0 bridgehead atoms. The van der Waals surface area contributed by atoms with Gasteiger partial charge in [0.15, 0.2) is 0 Å². The third-order valence-corrected chi connectivity index (χ3v) is 4.71. The SMILES string of the molecule is COC(=O)CCNC(=O)c1ccc2c(c1)nc(-c1ccc(C#N)cc1)n2CCCN. The average molecular weight is 405 g/mol. The lowest BCUT2D eigenvalue weighted by molar-refractivity contribution is -0.140. The molecule has 8 heteroatoms. The van der Waals surface area contributed by atoms with Gasteiger partial charge in [-0.05, 0) is 55.4 Å². The minimum atomic E-state index is -0.378. The van der Waals surface area contributed by atoms with Crippen molar-refractivity contribution in [1.29, 1.82) is 5.26 Å². The summed E-state index contributed by atoms with van der Waals surface area (Å²) in [5.41, 5.74) is 9.21. The maximum Gasteiger partial charge on any atom is 0.307 e. The second kappa shape index (κ2) is 9.67. The fourth-order valence-corrected chi connectivity index (χ4v) is 3.14. The lowest BCUT2D eigenvalue weighted by atomic mass is 10.1. The lowest BCUT2D eigenvalue weighted by Gasteiger charge is -2.09. The first-order valence-electron chi connectivity index (χ1n) is 9.63. The number of methoxy groups -OCH3 is 1. The summed E-state index contributed by atoms with van der Waals surface area (Å²) >= 11 is 0. The number of nitrogens with two attached hydrogens (primary N) is 1. The van der Waals surface area contributed by atoms with Gasteiger partial charge in [-0.25, -0.2) is 4.98 Å². The summed E-state index contributed by atoms with van der Waals surface area (Å²) in [7, 11) is 1.31. The van der Waals surface area contributed by atoms with Gasteiger partial charge in [-0.2, -0.15) is 5.26 Å². The van der Waals surface area contributed by atoms with Crippen LogP contribution >= 0.6 is 0 Å². The third kappa shape index (κ3) is 4.64. The van der Waals surface area contributed by atoms with Gasteiger partial charge in [-0.3, -0.25) is 9.59 Å². The first kappa shape index (κ1) is 21.0. The van der Waals surface area contributed by atoms with E-state index in [9.17, 15) is 9.59 Å². The minimum Gasteiger partial charge on any atom is -0.469 e. The zero-order chi connectivity index (χ0) is 21.5. The molecule has 30 heavy (non-hydrogen) atoms. The Labute approximate surface area is 174 Å². The number of aromatic nitrogens is 2. The van der Waals surface area contributed by atoms with Gasteiger partial charge >= 0.3 is 5.97 Å². The number of aryl methyl sites for hydroxylation is 1. The second-order valence-corrected chi connectivity index (χ2v) is 6.70. The second-order valence-electron chi connectivity index (χ2n) is 6.70. The predicted octanol–water partition coefficient (Wildman–Crippen LogP) is 2.22. The van der Waals surface area contributed by atoms with Crippen LogP contribution < -0.4 is 11.1 Å². The van der Waals surface area contributed by atoms with Crippen molar-refractivity contribution in [2.24, 2.45) is 5.73 Å². The third-order valence-electron chi connectivity index (χ3n) is 4.71. The number of nitrogens with one attached hydrogen (secondary N) is 1. The summed E-state index contributed by atoms with van der Waals surface area (Å²) in [6.45, 7) is 1.44. The molecule has 2 aromatic carbocycles. The van der Waals surface area contributed by atoms with E-state index >= 15 is 0 Å². The summed E-state index contributed by atoms with van der Waals surface area (Å²) < 4.78 is 6.64. The highest BCUT2D eigenvalue weighted by molar-refractivity contribution is 5.98. The molecular formula is C22H23N5O3. The van der Waals surface area contributed by atoms with Crippen molar-refractivity contribution < 1.29 is 14.3 Å². The Hall–Kier alpha value is -3.70. The smallest absolute Gasteiger partial charge is 0.307 e. The molecule has 3 N–H and O–H groups in total. The van der Waals surface area contributed by atoms with Gasteiger partial charge in [-0.15, -0.1) is 0 Å². The lowest BCUT2D eigenvalue weighted by Crippen LogP contribution is -2.26. The van der Waals surface area contributed by atoms with Crippen LogP contribution in [0.3, 0.4) is 0 Å². The van der Waals surface area contributed by atoms with Crippen LogP contribution in [0.2, 0.25) is 0 Å². The fraction of sp³-hybridized carbons (Fsp3) is 0.273. The Morgan fingerprint density at radius 2 is 2.00 bits per heavy atom. The summed E-state index contributed by atoms with van der Waals surface area (Å²) in [6.07, 6.45) is 0.894. The normalized spacial score (nSPS) is 10.6. The molecule has 1 aromatic heterocycles. The predicted molar refractivity (Wildman–Crippen MR) is 113 cm³/mol. The summed E-state index contributed by atoms with van der Waals surface area (Å²) in [5, 5.41) is 11.7. The first-order chi connectivity index (χ1) is 14.6. The number of hydrogen-bond acceptors (Lipinski definition) is 6. The standard InChI is InChI=1S/C22H23N5O3/c1-30-20(28)9-11-25-22(29)17-7-8-19-18(13-17)26-21(27(19)12-2-10-23)16-5-3-15(14-24)4-6-16/h3-8,13H,2,9-12,23H2,1H3,(H,25,29). The Bertz CT molecular complexity index is 1100. The van der Waals surface area contributed by atoms with Crippen LogP contribution in [-0.2, 0) is 16.1 Å². The largest absolute Gasteiger partial charge is 0.469 e. The van der Waals surface area contributed by atoms with E-state index < -0.39 is 0 Å². The maximum atomic E-state index is 12.4. The van der Waals surface area contributed by atoms with Crippen molar-refractivity contribution in [2.75, 3.05) is 20.2 Å². The molecule has 0 unspecified atom stereocenters. The molecule has 1 heterocycles. The zero-order valence-corrected chi connectivity index (χ0v) is 16.7. The van der Waals surface area contributed by atoms with Crippen molar-refractivity contribution in [3.63, 3.8) is 0 Å². The molecule has 0 spiro atoms. The van der Waals surface area contributed by atoms with E-state index in [-0.39, 0.29) is 24.8 Å². The van der Waals surface area contributed by atoms with Crippen molar-refractivity contribution in [2.45, 2.75) is 19.4 Å². The minimum absolute atomic E-state index is 0.112. The number of carbonyl (C=O) groups is 2. The van der Waals surface area contributed by atoms with Crippen LogP contribution in [0.5, 0.6) is 0 Å². The molecule has 0 aliphatic rings. The zero-order valence-electron chi connectivity index (χ0n) is 16.7. The summed E-state index contributed by atoms with van der Waals surface area (Å²) in [6, 6.07) is 14.7. The highest BCUT2D eigenvalue weighted by Crippen LogP contribution is 2.26. The molecular weight excluding hydrogens is 382 g/mol. The Morgan fingerprint density at radius 1 is 1.23 bits per heavy atom. The van der Waals surface area contributed by atoms with Crippen LogP contribution in [0.15, 0.2) is 42.5 Å². The van der Waals surface area contributed by atoms with Gasteiger partial charge in [0.25, 0.3) is 5.91 Å². The van der Waals surface area contributed by atoms with Gasteiger partial charge in [0, 0.05) is 24.2 Å². The molecule has 0 saturated carbocycles. The van der Waals surface area contributed by atoms with Crippen LogP contribution in [-0.4, -0.2) is 41.6 Å². The molecule has 0 aliphatic heterocycles. The highest BCUT2D eigenvalue weighted by Gasteiger charge is 2.15. The van der Waals surface area contributed by atoms with Gasteiger partial charge in [0.05, 0.1) is 36.2 Å². The van der Waals surface area contributed by atoms with Crippen molar-refractivity contribution in [1.82, 2.24) is 14.9 Å². The van der Waals surface area contributed by atoms with E-state index in [0.29, 0.717) is 29.7 Å². The monoisotopic (exact) mass is 405 g/mol. The number of imidazole rings is 1. The number of rotatable bonds is 8. The Morgan fingerprint density at radius 3 is 2.67 bits per heavy atom. The number of benzene rings is 2. The van der Waals surface area contributed by atoms with Crippen LogP contribution in [0.25, 0.3) is 22.4 Å². The summed E-state index contributed by atoms with van der Waals surface area (Å²) in [5.74, 6) is 0.0971. The topological polar surface area (TPSA) is 123 Å². The molecule has 3 rings (SSSR count). The molecule has 1 amide bonds. The molecule has 0 radical (unpaired) electrons. The van der Waals surface area contributed by atoms with E-state index in [2.05, 4.69) is 20.7 Å². The number of nitriles is 1. The van der Waals surface area contributed by atoms with E-state index in [1.807, 2.05) is 18.2 Å². The van der Waals surface area contributed by atoms with Gasteiger partial charge in [0.2, 0.25) is 0 Å². The maximum absolute atomic E-state index is 12.4. The van der Waals surface area contributed by atoms with Gasteiger partial charge in [-0.1, -0.05) is 0 Å². The number of ether oxygens (including phenoxy) is 1. The number of carbonyl (C=O) groups excluding carboxylic acids is 2. The van der Waals surface area contributed by atoms with E-state index in [1.54, 1.807) is 24.3 Å². The number of amides is 1. The molecule has 0 saturated heterocycles. The average Bonchev–Trinajstić information content (AvgIpc) is 3.15. The number of hydrogen-bond donors (Lipinski definition) is 2. The van der Waals surface area contributed by atoms with Gasteiger partial charge < -0.3 is 20.4 Å². The van der Waals surface area contributed by atoms with E-state index in [0.717, 1.165) is 23.3 Å². The van der Waals surface area contributed by atoms with Crippen LogP contribution in [0.4, 0.5) is 0 Å². The molecule has 0 fully saturated rings. The van der Waals surface area contributed by atoms with E-state index in [1.165, 1.54) is 7.11 Å². The number of nitrogens with zero attached hydrogens (tertiary/aromatic N) is 3. The molecule has 8 nitrogen and oxygen atoms in total. The van der Waals surface area contributed by atoms with Gasteiger partial charge in [0.1, 0.15) is 5.82 Å². The fourth-order valence-electron chi connectivity index (χ4n) is 3.14. The Kier molecular flexibility index (Phi) is 6.78. The van der Waals surface area contributed by atoms with Crippen LogP contribution in [0.1, 0.15) is 28.8 Å². The van der Waals surface area contributed by atoms with Crippen LogP contribution in [0, 0.1) is 11.3 Å². The first-order valence-corrected chi connectivity index (χ1v) is 9.63. The van der Waals surface area contributed by atoms with Crippen molar-refractivity contribution in [3.8, 4) is 17.5 Å². The molecule has 0 atom stereocenters.